The number of H-pyrrole nitrogens is 1. The summed E-state index contributed by atoms with van der Waals surface area (Å²) >= 11 is 5.18. The number of nitrogens with zero attached hydrogens (tertiary/aromatic N) is 3. The third-order valence-corrected chi connectivity index (χ3v) is 3.89. The van der Waals surface area contributed by atoms with Crippen LogP contribution in [0.3, 0.4) is 0 Å². The fourth-order valence-corrected chi connectivity index (χ4v) is 2.51. The lowest BCUT2D eigenvalue weighted by Gasteiger charge is -2.14. The number of methoxy groups -OCH3 is 2. The Labute approximate surface area is 147 Å². The van der Waals surface area contributed by atoms with Gasteiger partial charge in [0.15, 0.2) is 17.3 Å². The number of halogens is 2. The molecule has 0 atom stereocenters. The lowest BCUT2D eigenvalue weighted by molar-refractivity contribution is -0.0526. The number of benzene rings is 1. The summed E-state index contributed by atoms with van der Waals surface area (Å²) in [5.74, 6) is 1.18. The molecule has 2 aromatic rings. The highest BCUT2D eigenvalue weighted by molar-refractivity contribution is 7.71. The van der Waals surface area contributed by atoms with Crippen LogP contribution in [0.4, 0.5) is 8.78 Å². The topological polar surface area (TPSA) is 73.7 Å². The van der Waals surface area contributed by atoms with Gasteiger partial charge in [0.25, 0.3) is 0 Å². The van der Waals surface area contributed by atoms with Crippen LogP contribution in [-0.4, -0.2) is 41.9 Å². The van der Waals surface area contributed by atoms with Crippen molar-refractivity contribution in [3.8, 4) is 17.2 Å². The summed E-state index contributed by atoms with van der Waals surface area (Å²) in [5.41, 5.74) is 0.570. The molecule has 0 amide bonds. The van der Waals surface area contributed by atoms with Crippen LogP contribution >= 0.6 is 12.2 Å². The molecule has 0 spiro atoms. The molecule has 1 saturated carbocycles. The second kappa shape index (κ2) is 7.18. The second-order valence-corrected chi connectivity index (χ2v) is 5.74. The zero-order valence-corrected chi connectivity index (χ0v) is 14.3. The normalized spacial score (nSPS) is 14.3. The molecule has 1 aromatic heterocycles. The van der Waals surface area contributed by atoms with Crippen LogP contribution in [0.5, 0.6) is 17.2 Å². The molecule has 1 N–H and O–H groups in total. The minimum Gasteiger partial charge on any atom is -0.493 e. The summed E-state index contributed by atoms with van der Waals surface area (Å²) < 4.78 is 41.8. The van der Waals surface area contributed by atoms with Gasteiger partial charge < -0.3 is 14.2 Å². The third kappa shape index (κ3) is 3.78. The summed E-state index contributed by atoms with van der Waals surface area (Å²) in [5, 5.41) is 11.2. The Morgan fingerprint density at radius 2 is 1.96 bits per heavy atom. The minimum atomic E-state index is -2.99. The van der Waals surface area contributed by atoms with Gasteiger partial charge in [-0.3, -0.25) is 5.10 Å². The predicted octanol–water partition coefficient (Wildman–Crippen LogP) is 3.32. The van der Waals surface area contributed by atoms with Crippen molar-refractivity contribution in [2.75, 3.05) is 14.2 Å². The van der Waals surface area contributed by atoms with Crippen molar-refractivity contribution in [1.82, 2.24) is 14.9 Å². The Morgan fingerprint density at radius 3 is 2.48 bits per heavy atom. The van der Waals surface area contributed by atoms with Crippen molar-refractivity contribution >= 4 is 18.4 Å². The van der Waals surface area contributed by atoms with E-state index in [1.807, 2.05) is 0 Å². The van der Waals surface area contributed by atoms with Crippen molar-refractivity contribution in [2.24, 2.45) is 5.10 Å². The molecule has 0 bridgehead atoms. The summed E-state index contributed by atoms with van der Waals surface area (Å²) in [6, 6.07) is 3.04. The fourth-order valence-electron chi connectivity index (χ4n) is 2.33. The van der Waals surface area contributed by atoms with Crippen LogP contribution in [0.2, 0.25) is 0 Å². The predicted molar refractivity (Wildman–Crippen MR) is 88.6 cm³/mol. The SMILES string of the molecule is COc1cc(/C=N\n2c(C3CC3)n[nH]c2=S)cc(OC)c1OC(F)F. The summed E-state index contributed by atoms with van der Waals surface area (Å²) in [7, 11) is 2.71. The Kier molecular flexibility index (Phi) is 4.98. The van der Waals surface area contributed by atoms with Gasteiger partial charge in [-0.25, -0.2) is 0 Å². The zero-order valence-electron chi connectivity index (χ0n) is 13.5. The number of alkyl halides is 2. The minimum absolute atomic E-state index is 0.110. The molecule has 1 aliphatic rings. The van der Waals surface area contributed by atoms with Crippen LogP contribution in [0.1, 0.15) is 30.1 Å². The van der Waals surface area contributed by atoms with E-state index in [1.165, 1.54) is 32.6 Å². The standard InChI is InChI=1S/C15H16F2N4O3S/c1-22-10-5-8(6-11(23-2)12(10)24-14(16)17)7-18-21-13(9-3-4-9)19-20-15(21)25/h5-7,9,14H,3-4H2,1-2H3,(H,20,25)/b18-7-. The van der Waals surface area contributed by atoms with Gasteiger partial charge in [-0.2, -0.15) is 23.7 Å². The summed E-state index contributed by atoms with van der Waals surface area (Å²) in [4.78, 5) is 0. The molecule has 1 fully saturated rings. The molecule has 0 aliphatic heterocycles. The molecule has 0 saturated heterocycles. The molecule has 25 heavy (non-hydrogen) atoms. The van der Waals surface area contributed by atoms with Gasteiger partial charge in [0.1, 0.15) is 0 Å². The Hall–Kier alpha value is -2.49. The van der Waals surface area contributed by atoms with E-state index in [4.69, 9.17) is 21.7 Å². The number of ether oxygens (including phenoxy) is 3. The van der Waals surface area contributed by atoms with E-state index >= 15 is 0 Å². The molecule has 134 valence electrons. The number of nitrogens with one attached hydrogen (secondary N) is 1. The molecule has 1 aliphatic carbocycles. The monoisotopic (exact) mass is 370 g/mol. The third-order valence-electron chi connectivity index (χ3n) is 3.63. The highest BCUT2D eigenvalue weighted by Gasteiger charge is 2.29. The average Bonchev–Trinajstić information content (AvgIpc) is 3.36. The van der Waals surface area contributed by atoms with Crippen LogP contribution in [-0.2, 0) is 0 Å². The van der Waals surface area contributed by atoms with Gasteiger partial charge >= 0.3 is 6.61 Å². The largest absolute Gasteiger partial charge is 0.493 e. The molecule has 10 heteroatoms. The van der Waals surface area contributed by atoms with Crippen LogP contribution < -0.4 is 14.2 Å². The molecule has 0 radical (unpaired) electrons. The first-order valence-electron chi connectivity index (χ1n) is 7.46. The zero-order chi connectivity index (χ0) is 18.0. The van der Waals surface area contributed by atoms with Crippen LogP contribution in [0, 0.1) is 4.77 Å². The van der Waals surface area contributed by atoms with Crippen LogP contribution in [0.25, 0.3) is 0 Å². The number of aromatic nitrogens is 3. The van der Waals surface area contributed by atoms with Gasteiger partial charge in [0.05, 0.1) is 20.4 Å². The highest BCUT2D eigenvalue weighted by Crippen LogP contribution is 2.40. The first kappa shape index (κ1) is 17.3. The van der Waals surface area contributed by atoms with Gasteiger partial charge in [-0.1, -0.05) is 0 Å². The fraction of sp³-hybridized carbons (Fsp3) is 0.400. The molecule has 1 heterocycles. The Balaban J connectivity index is 1.95. The number of hydrogen-bond donors (Lipinski definition) is 1. The second-order valence-electron chi connectivity index (χ2n) is 5.35. The summed E-state index contributed by atoms with van der Waals surface area (Å²) in [6.45, 7) is -2.99. The molecular weight excluding hydrogens is 354 g/mol. The number of aromatic amines is 1. The lowest BCUT2D eigenvalue weighted by atomic mass is 10.2. The van der Waals surface area contributed by atoms with E-state index in [-0.39, 0.29) is 17.2 Å². The van der Waals surface area contributed by atoms with Crippen molar-refractivity contribution in [3.63, 3.8) is 0 Å². The van der Waals surface area contributed by atoms with Gasteiger partial charge in [-0.15, -0.1) is 0 Å². The van der Waals surface area contributed by atoms with E-state index in [9.17, 15) is 8.78 Å². The average molecular weight is 370 g/mol. The molecule has 7 nitrogen and oxygen atoms in total. The van der Waals surface area contributed by atoms with Crippen molar-refractivity contribution < 1.29 is 23.0 Å². The van der Waals surface area contributed by atoms with Gasteiger partial charge in [-0.05, 0) is 37.2 Å². The Bertz CT molecular complexity index is 821. The molecule has 1 aromatic carbocycles. The smallest absolute Gasteiger partial charge is 0.387 e. The van der Waals surface area contributed by atoms with Crippen LogP contribution in [0.15, 0.2) is 17.2 Å². The molecule has 0 unspecified atom stereocenters. The molecule has 3 rings (SSSR count). The van der Waals surface area contributed by atoms with E-state index in [0.29, 0.717) is 16.3 Å². The maximum absolute atomic E-state index is 12.6. The highest BCUT2D eigenvalue weighted by atomic mass is 32.1. The first-order valence-corrected chi connectivity index (χ1v) is 7.86. The Morgan fingerprint density at radius 1 is 1.32 bits per heavy atom. The van der Waals surface area contributed by atoms with E-state index in [1.54, 1.807) is 4.68 Å². The van der Waals surface area contributed by atoms with Crippen molar-refractivity contribution in [2.45, 2.75) is 25.4 Å². The molecular formula is C15H16F2N4O3S. The maximum Gasteiger partial charge on any atom is 0.387 e. The van der Waals surface area contributed by atoms with E-state index in [2.05, 4.69) is 20.0 Å². The number of hydrogen-bond acceptors (Lipinski definition) is 6. The number of rotatable bonds is 7. The van der Waals surface area contributed by atoms with E-state index < -0.39 is 6.61 Å². The van der Waals surface area contributed by atoms with E-state index in [0.717, 1.165) is 18.7 Å². The quantitative estimate of drug-likeness (QED) is 0.598. The van der Waals surface area contributed by atoms with Crippen molar-refractivity contribution in [1.29, 1.82) is 0 Å². The summed E-state index contributed by atoms with van der Waals surface area (Å²) in [6.07, 6.45) is 3.63. The lowest BCUT2D eigenvalue weighted by Crippen LogP contribution is -2.06. The van der Waals surface area contributed by atoms with Gasteiger partial charge in [0.2, 0.25) is 10.5 Å². The first-order chi connectivity index (χ1) is 12.0. The van der Waals surface area contributed by atoms with Crippen molar-refractivity contribution in [3.05, 3.63) is 28.3 Å². The maximum atomic E-state index is 12.6. The van der Waals surface area contributed by atoms with Gasteiger partial charge in [0, 0.05) is 11.5 Å².